The van der Waals surface area contributed by atoms with Gasteiger partial charge in [0.15, 0.2) is 5.69 Å². The molecule has 7 heteroatoms. The number of fused-ring (bicyclic) bond motifs is 1. The van der Waals surface area contributed by atoms with Gasteiger partial charge in [-0.3, -0.25) is 4.79 Å². The van der Waals surface area contributed by atoms with Gasteiger partial charge in [-0.2, -0.15) is 0 Å². The molecule has 0 saturated heterocycles. The Balaban J connectivity index is 1.53. The van der Waals surface area contributed by atoms with Crippen molar-refractivity contribution in [2.45, 2.75) is 20.3 Å². The second-order valence-electron chi connectivity index (χ2n) is 8.41. The summed E-state index contributed by atoms with van der Waals surface area (Å²) in [6.45, 7) is 4.66. The number of carbonyl (C=O) groups excluding carboxylic acids is 1. The van der Waals surface area contributed by atoms with Gasteiger partial charge >= 0.3 is 0 Å². The molecule has 36 heavy (non-hydrogen) atoms. The maximum absolute atomic E-state index is 14.6. The number of primary amides is 1. The summed E-state index contributed by atoms with van der Waals surface area (Å²) in [7, 11) is 0. The number of carbonyl (C=O) groups is 1. The molecule has 0 atom stereocenters. The number of aryl methyl sites for hydroxylation is 1. The van der Waals surface area contributed by atoms with Crippen LogP contribution in [0, 0.1) is 12.7 Å². The molecular weight excluding hydrogens is 473 g/mol. The van der Waals surface area contributed by atoms with Crippen LogP contribution in [0.5, 0.6) is 5.75 Å². The third kappa shape index (κ3) is 4.57. The van der Waals surface area contributed by atoms with E-state index in [1.165, 1.54) is 6.07 Å². The number of halogens is 1. The average molecular weight is 498 g/mol. The molecule has 2 heterocycles. The fraction of sp³-hybridized carbons (Fsp3) is 0.138. The SMILES string of the molecule is CCOc1ccc(-c2ccc(Cc3cccc4nc(C(N)=O)c(-c5ccccc5F)nc34)s2)cc1C. The molecule has 2 aromatic heterocycles. The van der Waals surface area contributed by atoms with Crippen LogP contribution in [0.4, 0.5) is 4.39 Å². The van der Waals surface area contributed by atoms with Crippen molar-refractivity contribution in [2.75, 3.05) is 6.61 Å². The predicted octanol–water partition coefficient (Wildman–Crippen LogP) is 6.56. The zero-order valence-corrected chi connectivity index (χ0v) is 20.7. The minimum absolute atomic E-state index is 0.0472. The van der Waals surface area contributed by atoms with Gasteiger partial charge in [-0.05, 0) is 79.1 Å². The number of nitrogens with two attached hydrogens (primary N) is 1. The molecule has 0 unspecified atom stereocenters. The first-order valence-corrected chi connectivity index (χ1v) is 12.4. The summed E-state index contributed by atoms with van der Waals surface area (Å²) in [4.78, 5) is 23.6. The predicted molar refractivity (Wildman–Crippen MR) is 142 cm³/mol. The van der Waals surface area contributed by atoms with Gasteiger partial charge in [0.2, 0.25) is 0 Å². The van der Waals surface area contributed by atoms with E-state index in [2.05, 4.69) is 29.2 Å². The van der Waals surface area contributed by atoms with Crippen molar-refractivity contribution in [3.8, 4) is 27.4 Å². The monoisotopic (exact) mass is 497 g/mol. The minimum atomic E-state index is -0.749. The van der Waals surface area contributed by atoms with E-state index in [0.29, 0.717) is 24.1 Å². The zero-order chi connectivity index (χ0) is 25.2. The molecule has 0 radical (unpaired) electrons. The van der Waals surface area contributed by atoms with Crippen LogP contribution >= 0.6 is 11.3 Å². The van der Waals surface area contributed by atoms with Gasteiger partial charge in [0.25, 0.3) is 5.91 Å². The van der Waals surface area contributed by atoms with Gasteiger partial charge < -0.3 is 10.5 Å². The standard InChI is InChI=1S/C29H24FN3O2S/c1-3-35-24-13-11-18(15-17(24)2)25-14-12-20(36-25)16-19-7-6-10-23-26(19)33-27(28(32-23)29(31)34)21-8-4-5-9-22(21)30/h4-15H,3,16H2,1-2H3,(H2,31,34). The van der Waals surface area contributed by atoms with Crippen molar-refractivity contribution in [3.63, 3.8) is 0 Å². The summed E-state index contributed by atoms with van der Waals surface area (Å²) in [5, 5.41) is 0. The Hall–Kier alpha value is -4.10. The second kappa shape index (κ2) is 9.87. The molecular formula is C29H24FN3O2S. The number of benzene rings is 3. The molecule has 180 valence electrons. The number of rotatable bonds is 7. The number of hydrogen-bond donors (Lipinski definition) is 1. The van der Waals surface area contributed by atoms with Gasteiger partial charge in [0, 0.05) is 21.7 Å². The Kier molecular flexibility index (Phi) is 6.48. The van der Waals surface area contributed by atoms with Crippen LogP contribution in [-0.2, 0) is 6.42 Å². The molecule has 5 aromatic rings. The first-order valence-electron chi connectivity index (χ1n) is 11.6. The number of ether oxygens (including phenoxy) is 1. The Labute approximate surface area is 212 Å². The highest BCUT2D eigenvalue weighted by Gasteiger charge is 2.19. The summed E-state index contributed by atoms with van der Waals surface area (Å²) in [5.41, 5.74) is 10.2. The molecule has 0 aliphatic carbocycles. The molecule has 0 saturated carbocycles. The smallest absolute Gasteiger partial charge is 0.269 e. The lowest BCUT2D eigenvalue weighted by molar-refractivity contribution is 0.0996. The highest BCUT2D eigenvalue weighted by Crippen LogP contribution is 2.34. The van der Waals surface area contributed by atoms with E-state index >= 15 is 0 Å². The van der Waals surface area contributed by atoms with Crippen molar-refractivity contribution in [1.82, 2.24) is 9.97 Å². The second-order valence-corrected chi connectivity index (χ2v) is 9.57. The lowest BCUT2D eigenvalue weighted by Gasteiger charge is -2.11. The van der Waals surface area contributed by atoms with Crippen LogP contribution < -0.4 is 10.5 Å². The van der Waals surface area contributed by atoms with Crippen molar-refractivity contribution >= 4 is 28.3 Å². The number of hydrogen-bond acceptors (Lipinski definition) is 5. The quantitative estimate of drug-likeness (QED) is 0.276. The molecule has 5 nitrogen and oxygen atoms in total. The maximum atomic E-state index is 14.6. The fourth-order valence-corrected chi connectivity index (χ4v) is 5.25. The summed E-state index contributed by atoms with van der Waals surface area (Å²) < 4.78 is 20.3. The van der Waals surface area contributed by atoms with Crippen molar-refractivity contribution in [1.29, 1.82) is 0 Å². The maximum Gasteiger partial charge on any atom is 0.269 e. The van der Waals surface area contributed by atoms with E-state index in [-0.39, 0.29) is 17.0 Å². The fourth-order valence-electron chi connectivity index (χ4n) is 4.23. The van der Waals surface area contributed by atoms with Crippen LogP contribution in [0.2, 0.25) is 0 Å². The van der Waals surface area contributed by atoms with E-state index in [9.17, 15) is 9.18 Å². The number of aromatic nitrogens is 2. The third-order valence-corrected chi connectivity index (χ3v) is 7.06. The summed E-state index contributed by atoms with van der Waals surface area (Å²) in [5.74, 6) is -0.338. The van der Waals surface area contributed by atoms with Crippen LogP contribution in [0.25, 0.3) is 32.7 Å². The third-order valence-electron chi connectivity index (χ3n) is 5.93. The van der Waals surface area contributed by atoms with Gasteiger partial charge in [-0.1, -0.05) is 24.3 Å². The van der Waals surface area contributed by atoms with Gasteiger partial charge in [0.1, 0.15) is 17.3 Å². The number of amides is 1. The molecule has 0 bridgehead atoms. The molecule has 0 aliphatic heterocycles. The lowest BCUT2D eigenvalue weighted by atomic mass is 10.0. The van der Waals surface area contributed by atoms with E-state index in [0.717, 1.165) is 32.2 Å². The molecule has 0 fully saturated rings. The number of thiophene rings is 1. The topological polar surface area (TPSA) is 78.1 Å². The van der Waals surface area contributed by atoms with Crippen LogP contribution in [0.3, 0.4) is 0 Å². The van der Waals surface area contributed by atoms with E-state index in [4.69, 9.17) is 15.5 Å². The Morgan fingerprint density at radius 3 is 2.61 bits per heavy atom. The van der Waals surface area contributed by atoms with Crippen LogP contribution in [0.1, 0.15) is 33.4 Å². The summed E-state index contributed by atoms with van der Waals surface area (Å²) in [6, 6.07) is 22.3. The molecule has 1 amide bonds. The van der Waals surface area contributed by atoms with Crippen molar-refractivity contribution in [2.24, 2.45) is 5.73 Å². The number of para-hydroxylation sites is 1. The van der Waals surface area contributed by atoms with Crippen LogP contribution in [0.15, 0.2) is 72.8 Å². The zero-order valence-electron chi connectivity index (χ0n) is 19.9. The molecule has 0 aliphatic rings. The molecule has 2 N–H and O–H groups in total. The lowest BCUT2D eigenvalue weighted by Crippen LogP contribution is -2.16. The van der Waals surface area contributed by atoms with Crippen LogP contribution in [-0.4, -0.2) is 22.5 Å². The summed E-state index contributed by atoms with van der Waals surface area (Å²) >= 11 is 1.71. The first kappa shape index (κ1) is 23.6. The van der Waals surface area contributed by atoms with Crippen molar-refractivity contribution in [3.05, 3.63) is 100 Å². The Bertz CT molecular complexity index is 1600. The van der Waals surface area contributed by atoms with E-state index in [1.807, 2.05) is 32.0 Å². The Morgan fingerprint density at radius 2 is 1.86 bits per heavy atom. The van der Waals surface area contributed by atoms with Gasteiger partial charge in [0.05, 0.1) is 17.6 Å². The van der Waals surface area contributed by atoms with Gasteiger partial charge in [-0.25, -0.2) is 14.4 Å². The average Bonchev–Trinajstić information content (AvgIpc) is 3.34. The van der Waals surface area contributed by atoms with E-state index in [1.54, 1.807) is 35.6 Å². The molecule has 5 rings (SSSR count). The first-order chi connectivity index (χ1) is 17.4. The normalized spacial score (nSPS) is 11.1. The highest BCUT2D eigenvalue weighted by molar-refractivity contribution is 7.15. The Morgan fingerprint density at radius 1 is 1.03 bits per heavy atom. The molecule has 3 aromatic carbocycles. The number of nitrogens with zero attached hydrogens (tertiary/aromatic N) is 2. The van der Waals surface area contributed by atoms with Crippen molar-refractivity contribution < 1.29 is 13.9 Å². The van der Waals surface area contributed by atoms with E-state index < -0.39 is 11.7 Å². The summed E-state index contributed by atoms with van der Waals surface area (Å²) in [6.07, 6.45) is 0.624. The highest BCUT2D eigenvalue weighted by atomic mass is 32.1. The van der Waals surface area contributed by atoms with Gasteiger partial charge in [-0.15, -0.1) is 11.3 Å². The minimum Gasteiger partial charge on any atom is -0.494 e. The largest absolute Gasteiger partial charge is 0.494 e. The molecule has 0 spiro atoms.